The molecule has 1 aliphatic rings. The topological polar surface area (TPSA) is 83.0 Å². The predicted molar refractivity (Wildman–Crippen MR) is 135 cm³/mol. The van der Waals surface area contributed by atoms with E-state index in [9.17, 15) is 22.0 Å². The summed E-state index contributed by atoms with van der Waals surface area (Å²) in [6.07, 6.45) is 1.47. The molecule has 1 aliphatic heterocycles. The molecule has 8 nitrogen and oxygen atoms in total. The van der Waals surface area contributed by atoms with E-state index in [1.807, 2.05) is 19.0 Å². The van der Waals surface area contributed by atoms with E-state index in [2.05, 4.69) is 4.98 Å². The number of hydrogen-bond donors (Lipinski definition) is 0. The first kappa shape index (κ1) is 26.4. The fourth-order valence-electron chi connectivity index (χ4n) is 4.24. The van der Waals surface area contributed by atoms with Crippen LogP contribution in [0.25, 0.3) is 10.2 Å². The first-order valence-electron chi connectivity index (χ1n) is 11.5. The average Bonchev–Trinajstić information content (AvgIpc) is 3.49. The maximum Gasteiger partial charge on any atom is 0.247 e. The standard InChI is InChI=1S/C24H28F2N4O4S2/c1-28(2)11-5-12-29(24-27-22-19(26)14-16(25)15-21(22)35-24)23(31)20-6-4-13-30(20)36(32,33)18-9-7-17(34-3)8-10-18/h7-10,14-15,20H,4-6,11-13H2,1-3H3. The minimum Gasteiger partial charge on any atom is -0.497 e. The monoisotopic (exact) mass is 538 g/mol. The largest absolute Gasteiger partial charge is 0.497 e. The number of thiazole rings is 1. The third-order valence-electron chi connectivity index (χ3n) is 6.04. The van der Waals surface area contributed by atoms with Crippen molar-refractivity contribution in [2.24, 2.45) is 0 Å². The molecule has 3 aromatic rings. The molecule has 4 rings (SSSR count). The highest BCUT2D eigenvalue weighted by molar-refractivity contribution is 7.89. The maximum atomic E-state index is 14.3. The summed E-state index contributed by atoms with van der Waals surface area (Å²) in [6, 6.07) is 7.03. The number of benzene rings is 2. The Labute approximate surface area is 213 Å². The second kappa shape index (κ2) is 10.8. The summed E-state index contributed by atoms with van der Waals surface area (Å²) in [4.78, 5) is 21.6. The second-order valence-electron chi connectivity index (χ2n) is 8.83. The van der Waals surface area contributed by atoms with Crippen LogP contribution in [0, 0.1) is 11.6 Å². The Bertz CT molecular complexity index is 1350. The van der Waals surface area contributed by atoms with Gasteiger partial charge in [0.1, 0.15) is 23.1 Å². The van der Waals surface area contributed by atoms with Gasteiger partial charge in [0.2, 0.25) is 15.9 Å². The van der Waals surface area contributed by atoms with Crippen molar-refractivity contribution in [1.82, 2.24) is 14.2 Å². The molecule has 1 atom stereocenters. The minimum atomic E-state index is -3.95. The summed E-state index contributed by atoms with van der Waals surface area (Å²) in [5.41, 5.74) is -0.0176. The van der Waals surface area contributed by atoms with Crippen molar-refractivity contribution in [2.75, 3.05) is 45.7 Å². The van der Waals surface area contributed by atoms with Gasteiger partial charge in [0, 0.05) is 19.2 Å². The van der Waals surface area contributed by atoms with Gasteiger partial charge in [0.05, 0.1) is 16.7 Å². The van der Waals surface area contributed by atoms with Gasteiger partial charge in [0.25, 0.3) is 0 Å². The van der Waals surface area contributed by atoms with Gasteiger partial charge < -0.3 is 9.64 Å². The van der Waals surface area contributed by atoms with Gasteiger partial charge in [0.15, 0.2) is 10.9 Å². The van der Waals surface area contributed by atoms with Crippen LogP contribution in [-0.4, -0.2) is 75.4 Å². The Morgan fingerprint density at radius 1 is 1.19 bits per heavy atom. The van der Waals surface area contributed by atoms with Crippen molar-refractivity contribution < 1.29 is 26.7 Å². The van der Waals surface area contributed by atoms with E-state index < -0.39 is 33.6 Å². The first-order valence-corrected chi connectivity index (χ1v) is 13.7. The van der Waals surface area contributed by atoms with Crippen LogP contribution in [0.1, 0.15) is 19.3 Å². The van der Waals surface area contributed by atoms with E-state index >= 15 is 0 Å². The minimum absolute atomic E-state index is 0.0176. The molecule has 1 fully saturated rings. The first-order chi connectivity index (χ1) is 17.1. The summed E-state index contributed by atoms with van der Waals surface area (Å²) in [5.74, 6) is -1.44. The van der Waals surface area contributed by atoms with Crippen LogP contribution in [-0.2, 0) is 14.8 Å². The highest BCUT2D eigenvalue weighted by atomic mass is 32.2. The highest BCUT2D eigenvalue weighted by Gasteiger charge is 2.42. The van der Waals surface area contributed by atoms with Crippen LogP contribution in [0.5, 0.6) is 5.75 Å². The summed E-state index contributed by atoms with van der Waals surface area (Å²) in [5, 5.41) is 0.215. The molecular formula is C24H28F2N4O4S2. The van der Waals surface area contributed by atoms with Gasteiger partial charge in [-0.25, -0.2) is 22.2 Å². The van der Waals surface area contributed by atoms with E-state index in [4.69, 9.17) is 4.74 Å². The van der Waals surface area contributed by atoms with Crippen molar-refractivity contribution >= 4 is 42.6 Å². The van der Waals surface area contributed by atoms with Crippen LogP contribution >= 0.6 is 11.3 Å². The molecule has 0 saturated carbocycles. The number of carbonyl (C=O) groups is 1. The molecule has 2 heterocycles. The molecule has 0 spiro atoms. The molecule has 1 aromatic heterocycles. The molecule has 1 amide bonds. The molecule has 36 heavy (non-hydrogen) atoms. The lowest BCUT2D eigenvalue weighted by atomic mass is 10.2. The van der Waals surface area contributed by atoms with Crippen LogP contribution in [0.15, 0.2) is 41.3 Å². The smallest absolute Gasteiger partial charge is 0.247 e. The van der Waals surface area contributed by atoms with E-state index in [0.29, 0.717) is 31.6 Å². The third kappa shape index (κ3) is 5.36. The Balaban J connectivity index is 1.67. The quantitative estimate of drug-likeness (QED) is 0.413. The predicted octanol–water partition coefficient (Wildman–Crippen LogP) is 3.72. The van der Waals surface area contributed by atoms with Crippen molar-refractivity contribution in [2.45, 2.75) is 30.2 Å². The van der Waals surface area contributed by atoms with Gasteiger partial charge in [-0.2, -0.15) is 4.31 Å². The number of nitrogens with zero attached hydrogens (tertiary/aromatic N) is 4. The Morgan fingerprint density at radius 2 is 1.92 bits per heavy atom. The Kier molecular flexibility index (Phi) is 7.88. The molecule has 194 valence electrons. The summed E-state index contributed by atoms with van der Waals surface area (Å²) < 4.78 is 61.6. The fourth-order valence-corrected chi connectivity index (χ4v) is 6.93. The number of carbonyl (C=O) groups excluding carboxylic acids is 1. The molecule has 1 unspecified atom stereocenters. The van der Waals surface area contributed by atoms with Crippen molar-refractivity contribution in [3.8, 4) is 5.75 Å². The van der Waals surface area contributed by atoms with Crippen LogP contribution in [0.2, 0.25) is 0 Å². The number of methoxy groups -OCH3 is 1. The number of aromatic nitrogens is 1. The second-order valence-corrected chi connectivity index (χ2v) is 11.7. The van der Waals surface area contributed by atoms with Gasteiger partial charge in [-0.15, -0.1) is 0 Å². The number of halogens is 2. The zero-order valence-electron chi connectivity index (χ0n) is 20.3. The number of ether oxygens (including phenoxy) is 1. The number of rotatable bonds is 9. The third-order valence-corrected chi connectivity index (χ3v) is 8.99. The van der Waals surface area contributed by atoms with Crippen LogP contribution in [0.3, 0.4) is 0 Å². The molecule has 0 bridgehead atoms. The van der Waals surface area contributed by atoms with Crippen molar-refractivity contribution in [3.05, 3.63) is 48.0 Å². The highest BCUT2D eigenvalue weighted by Crippen LogP contribution is 2.34. The zero-order valence-corrected chi connectivity index (χ0v) is 21.9. The van der Waals surface area contributed by atoms with Gasteiger partial charge >= 0.3 is 0 Å². The molecule has 1 saturated heterocycles. The van der Waals surface area contributed by atoms with Crippen LogP contribution in [0.4, 0.5) is 13.9 Å². The number of amides is 1. The Hall–Kier alpha value is -2.67. The maximum absolute atomic E-state index is 14.3. The van der Waals surface area contributed by atoms with E-state index in [-0.39, 0.29) is 33.3 Å². The van der Waals surface area contributed by atoms with E-state index in [1.165, 1.54) is 34.5 Å². The lowest BCUT2D eigenvalue weighted by Crippen LogP contribution is -2.48. The molecule has 0 N–H and O–H groups in total. The van der Waals surface area contributed by atoms with E-state index in [1.54, 1.807) is 12.1 Å². The number of anilines is 1. The van der Waals surface area contributed by atoms with Gasteiger partial charge in [-0.3, -0.25) is 9.69 Å². The lowest BCUT2D eigenvalue weighted by molar-refractivity contribution is -0.121. The SMILES string of the molecule is COc1ccc(S(=O)(=O)N2CCCC2C(=O)N(CCCN(C)C)c2nc3c(F)cc(F)cc3s2)cc1. The lowest BCUT2D eigenvalue weighted by Gasteiger charge is -2.29. The summed E-state index contributed by atoms with van der Waals surface area (Å²) in [6.45, 7) is 1.14. The molecular weight excluding hydrogens is 510 g/mol. The number of hydrogen-bond acceptors (Lipinski definition) is 7. The van der Waals surface area contributed by atoms with Crippen LogP contribution < -0.4 is 9.64 Å². The van der Waals surface area contributed by atoms with E-state index in [0.717, 1.165) is 17.4 Å². The number of sulfonamides is 1. The molecule has 2 aromatic carbocycles. The fraction of sp³-hybridized carbons (Fsp3) is 0.417. The van der Waals surface area contributed by atoms with Gasteiger partial charge in [-0.05, 0) is 70.2 Å². The van der Waals surface area contributed by atoms with Gasteiger partial charge in [-0.1, -0.05) is 11.3 Å². The average molecular weight is 539 g/mol. The summed E-state index contributed by atoms with van der Waals surface area (Å²) >= 11 is 1.01. The number of fused-ring (bicyclic) bond motifs is 1. The van der Waals surface area contributed by atoms with Crippen molar-refractivity contribution in [3.63, 3.8) is 0 Å². The zero-order chi connectivity index (χ0) is 26.0. The molecule has 12 heteroatoms. The Morgan fingerprint density at radius 3 is 2.58 bits per heavy atom. The normalized spacial score (nSPS) is 16.7. The summed E-state index contributed by atoms with van der Waals surface area (Å²) in [7, 11) is 1.35. The molecule has 0 aliphatic carbocycles. The van der Waals surface area contributed by atoms with Crippen molar-refractivity contribution in [1.29, 1.82) is 0 Å². The molecule has 0 radical (unpaired) electrons.